The second-order valence-corrected chi connectivity index (χ2v) is 7.68. The van der Waals surface area contributed by atoms with Crippen LogP contribution in [0.2, 0.25) is 0 Å². The number of nitrogens with one attached hydrogen (secondary N) is 1. The van der Waals surface area contributed by atoms with E-state index in [0.29, 0.717) is 29.8 Å². The monoisotopic (exact) mass is 392 g/mol. The Bertz CT molecular complexity index is 935. The summed E-state index contributed by atoms with van der Waals surface area (Å²) in [5.41, 5.74) is 2.34. The van der Waals surface area contributed by atoms with Crippen molar-refractivity contribution in [3.63, 3.8) is 0 Å². The molecule has 0 saturated carbocycles. The van der Waals surface area contributed by atoms with Crippen molar-refractivity contribution in [2.24, 2.45) is 0 Å². The fourth-order valence-corrected chi connectivity index (χ4v) is 3.92. The van der Waals surface area contributed by atoms with Crippen molar-refractivity contribution in [1.82, 2.24) is 4.90 Å². The van der Waals surface area contributed by atoms with E-state index in [1.807, 2.05) is 37.3 Å². The molecule has 6 heteroatoms. The summed E-state index contributed by atoms with van der Waals surface area (Å²) in [5.74, 6) is -0.671. The van der Waals surface area contributed by atoms with Crippen molar-refractivity contribution >= 4 is 23.4 Å². The fourth-order valence-electron chi connectivity index (χ4n) is 3.92. The summed E-state index contributed by atoms with van der Waals surface area (Å²) < 4.78 is 5.56. The molecule has 2 aromatic carbocycles. The molecule has 2 aromatic rings. The van der Waals surface area contributed by atoms with Crippen LogP contribution >= 0.6 is 0 Å². The van der Waals surface area contributed by atoms with Gasteiger partial charge in [0.1, 0.15) is 0 Å². The minimum Gasteiger partial charge on any atom is -0.376 e. The van der Waals surface area contributed by atoms with Crippen molar-refractivity contribution in [3.8, 4) is 0 Å². The van der Waals surface area contributed by atoms with Gasteiger partial charge in [-0.3, -0.25) is 19.3 Å². The van der Waals surface area contributed by atoms with E-state index in [2.05, 4.69) is 5.32 Å². The molecule has 0 aliphatic carbocycles. The summed E-state index contributed by atoms with van der Waals surface area (Å²) in [6.07, 6.45) is 2.05. The number of rotatable bonds is 6. The van der Waals surface area contributed by atoms with E-state index < -0.39 is 0 Å². The van der Waals surface area contributed by atoms with E-state index in [9.17, 15) is 14.4 Å². The van der Waals surface area contributed by atoms with Crippen molar-refractivity contribution in [1.29, 1.82) is 0 Å². The van der Waals surface area contributed by atoms with Gasteiger partial charge in [-0.05, 0) is 42.5 Å². The van der Waals surface area contributed by atoms with Gasteiger partial charge >= 0.3 is 0 Å². The molecule has 2 unspecified atom stereocenters. The van der Waals surface area contributed by atoms with Gasteiger partial charge in [0, 0.05) is 18.7 Å². The number of imide groups is 1. The van der Waals surface area contributed by atoms with Crippen molar-refractivity contribution in [2.45, 2.75) is 38.2 Å². The maximum atomic E-state index is 12.7. The second-order valence-electron chi connectivity index (χ2n) is 7.68. The normalized spacial score (nSPS) is 19.3. The average Bonchev–Trinajstić information content (AvgIpc) is 3.32. The zero-order chi connectivity index (χ0) is 20.4. The molecular weight excluding hydrogens is 368 g/mol. The number of benzene rings is 2. The molecule has 29 heavy (non-hydrogen) atoms. The van der Waals surface area contributed by atoms with Crippen LogP contribution in [0.25, 0.3) is 0 Å². The van der Waals surface area contributed by atoms with Crippen LogP contribution in [0.4, 0.5) is 5.69 Å². The maximum absolute atomic E-state index is 12.7. The van der Waals surface area contributed by atoms with Crippen molar-refractivity contribution in [3.05, 3.63) is 65.2 Å². The molecule has 0 bridgehead atoms. The first-order valence-electron chi connectivity index (χ1n) is 9.99. The third kappa shape index (κ3) is 4.07. The van der Waals surface area contributed by atoms with Crippen LogP contribution in [0.5, 0.6) is 0 Å². The van der Waals surface area contributed by atoms with E-state index in [4.69, 9.17) is 4.74 Å². The third-order valence-electron chi connectivity index (χ3n) is 5.52. The first-order valence-corrected chi connectivity index (χ1v) is 9.99. The van der Waals surface area contributed by atoms with Crippen LogP contribution in [-0.4, -0.2) is 41.9 Å². The Labute approximate surface area is 169 Å². The van der Waals surface area contributed by atoms with Crippen LogP contribution in [-0.2, 0) is 9.53 Å². The minimum absolute atomic E-state index is 0.0794. The highest BCUT2D eigenvalue weighted by molar-refractivity contribution is 6.21. The molecule has 2 heterocycles. The number of carbonyl (C=O) groups is 3. The zero-order valence-corrected chi connectivity index (χ0v) is 16.4. The molecule has 2 aliphatic rings. The zero-order valence-electron chi connectivity index (χ0n) is 16.4. The largest absolute Gasteiger partial charge is 0.376 e. The smallest absolute Gasteiger partial charge is 0.261 e. The fraction of sp³-hybridized carbons (Fsp3) is 0.348. The van der Waals surface area contributed by atoms with E-state index in [1.165, 1.54) is 4.90 Å². The second kappa shape index (κ2) is 8.17. The highest BCUT2D eigenvalue weighted by atomic mass is 16.5. The SMILES string of the molecule is CC(CC(=O)Nc1ccc2c(c1)C(=O)N(CC1CCCO1)C2=O)c1ccccc1. The molecule has 150 valence electrons. The molecule has 2 aliphatic heterocycles. The van der Waals surface area contributed by atoms with Gasteiger partial charge in [0.25, 0.3) is 11.8 Å². The molecule has 0 aromatic heterocycles. The molecule has 1 fully saturated rings. The summed E-state index contributed by atoms with van der Waals surface area (Å²) in [7, 11) is 0. The van der Waals surface area contributed by atoms with Crippen LogP contribution < -0.4 is 5.32 Å². The first kappa shape index (κ1) is 19.3. The topological polar surface area (TPSA) is 75.7 Å². The first-order chi connectivity index (χ1) is 14.0. The van der Waals surface area contributed by atoms with Gasteiger partial charge in [-0.1, -0.05) is 37.3 Å². The lowest BCUT2D eigenvalue weighted by molar-refractivity contribution is -0.116. The molecule has 1 N–H and O–H groups in total. The summed E-state index contributed by atoms with van der Waals surface area (Å²) >= 11 is 0. The van der Waals surface area contributed by atoms with Gasteiger partial charge in [-0.2, -0.15) is 0 Å². The van der Waals surface area contributed by atoms with E-state index >= 15 is 0 Å². The maximum Gasteiger partial charge on any atom is 0.261 e. The van der Waals surface area contributed by atoms with Gasteiger partial charge in [-0.15, -0.1) is 0 Å². The molecule has 2 atom stereocenters. The number of fused-ring (bicyclic) bond motifs is 1. The Morgan fingerprint density at radius 1 is 1.14 bits per heavy atom. The summed E-state index contributed by atoms with van der Waals surface area (Å²) in [6.45, 7) is 2.96. The van der Waals surface area contributed by atoms with Gasteiger partial charge in [0.2, 0.25) is 5.91 Å². The van der Waals surface area contributed by atoms with Crippen LogP contribution in [0.1, 0.15) is 58.4 Å². The molecule has 0 radical (unpaired) electrons. The van der Waals surface area contributed by atoms with Crippen LogP contribution in [0, 0.1) is 0 Å². The Hall–Kier alpha value is -2.99. The lowest BCUT2D eigenvalue weighted by Gasteiger charge is -2.17. The van der Waals surface area contributed by atoms with Gasteiger partial charge in [0.05, 0.1) is 23.8 Å². The lowest BCUT2D eigenvalue weighted by atomic mass is 9.97. The number of hydrogen-bond acceptors (Lipinski definition) is 4. The number of ether oxygens (including phenoxy) is 1. The van der Waals surface area contributed by atoms with Gasteiger partial charge in [0.15, 0.2) is 0 Å². The summed E-state index contributed by atoms with van der Waals surface area (Å²) in [5, 5.41) is 2.85. The molecule has 0 spiro atoms. The third-order valence-corrected chi connectivity index (χ3v) is 5.52. The quantitative estimate of drug-likeness (QED) is 0.762. The average molecular weight is 392 g/mol. The highest BCUT2D eigenvalue weighted by Gasteiger charge is 2.37. The number of hydrogen-bond donors (Lipinski definition) is 1. The Balaban J connectivity index is 1.42. The predicted molar refractivity (Wildman–Crippen MR) is 109 cm³/mol. The van der Waals surface area contributed by atoms with Crippen molar-refractivity contribution in [2.75, 3.05) is 18.5 Å². The number of nitrogens with zero attached hydrogens (tertiary/aromatic N) is 1. The minimum atomic E-state index is -0.325. The summed E-state index contributed by atoms with van der Waals surface area (Å²) in [4.78, 5) is 39.0. The number of anilines is 1. The number of amides is 3. The van der Waals surface area contributed by atoms with Crippen LogP contribution in [0.3, 0.4) is 0 Å². The van der Waals surface area contributed by atoms with Gasteiger partial charge < -0.3 is 10.1 Å². The molecule has 4 rings (SSSR count). The summed E-state index contributed by atoms with van der Waals surface area (Å²) in [6, 6.07) is 14.7. The highest BCUT2D eigenvalue weighted by Crippen LogP contribution is 2.28. The Morgan fingerprint density at radius 3 is 2.62 bits per heavy atom. The van der Waals surface area contributed by atoms with Crippen LogP contribution in [0.15, 0.2) is 48.5 Å². The number of carbonyl (C=O) groups excluding carboxylic acids is 3. The standard InChI is InChI=1S/C23H24N2O4/c1-15(16-6-3-2-4-7-16)12-21(26)24-17-9-10-19-20(13-17)23(28)25(22(19)27)14-18-8-5-11-29-18/h2-4,6-7,9-10,13,15,18H,5,8,11-12,14H2,1H3,(H,24,26). The lowest BCUT2D eigenvalue weighted by Crippen LogP contribution is -2.36. The molecule has 6 nitrogen and oxygen atoms in total. The molecule has 3 amide bonds. The van der Waals surface area contributed by atoms with E-state index in [1.54, 1.807) is 18.2 Å². The van der Waals surface area contributed by atoms with E-state index in [0.717, 1.165) is 18.4 Å². The predicted octanol–water partition coefficient (Wildman–Crippen LogP) is 3.59. The van der Waals surface area contributed by atoms with Crippen molar-refractivity contribution < 1.29 is 19.1 Å². The Morgan fingerprint density at radius 2 is 1.90 bits per heavy atom. The van der Waals surface area contributed by atoms with Gasteiger partial charge in [-0.25, -0.2) is 0 Å². The molecule has 1 saturated heterocycles. The van der Waals surface area contributed by atoms with E-state index in [-0.39, 0.29) is 36.3 Å². The Kier molecular flexibility index (Phi) is 5.45. The molecular formula is C23H24N2O4.